The molecule has 1 aromatic heterocycles. The van der Waals surface area contributed by atoms with Gasteiger partial charge >= 0.3 is 0 Å². The summed E-state index contributed by atoms with van der Waals surface area (Å²) in [6, 6.07) is 0. The molecule has 19 heavy (non-hydrogen) atoms. The lowest BCUT2D eigenvalue weighted by atomic mass is 10.1. The van der Waals surface area contributed by atoms with Crippen molar-refractivity contribution in [1.29, 1.82) is 0 Å². The van der Waals surface area contributed by atoms with Crippen LogP contribution in [0, 0.1) is 5.92 Å². The molecular weight excluding hydrogens is 230 g/mol. The fraction of sp³-hybridized carbons (Fsp3) is 0.333. The molecule has 1 aliphatic carbocycles. The Kier molecular flexibility index (Phi) is 5.62. The second-order valence-corrected chi connectivity index (χ2v) is 4.44. The molecule has 1 nitrogen and oxygen atoms in total. The summed E-state index contributed by atoms with van der Waals surface area (Å²) in [7, 11) is 2.09. The predicted octanol–water partition coefficient (Wildman–Crippen LogP) is 5.40. The fourth-order valence-electron chi connectivity index (χ4n) is 2.29. The van der Waals surface area contributed by atoms with Gasteiger partial charge in [0.2, 0.25) is 0 Å². The van der Waals surface area contributed by atoms with Gasteiger partial charge in [-0.15, -0.1) is 0 Å². The Hall–Kier alpha value is -1.76. The molecule has 1 heterocycles. The van der Waals surface area contributed by atoms with Gasteiger partial charge in [-0.2, -0.15) is 0 Å². The topological polar surface area (TPSA) is 4.93 Å². The lowest BCUT2D eigenvalue weighted by Crippen LogP contribution is -1.94. The molecule has 0 radical (unpaired) electrons. The Labute approximate surface area is 117 Å². The summed E-state index contributed by atoms with van der Waals surface area (Å²) in [5.41, 5.74) is 4.99. The lowest BCUT2D eigenvalue weighted by molar-refractivity contribution is 0.898. The highest BCUT2D eigenvalue weighted by molar-refractivity contribution is 5.80. The van der Waals surface area contributed by atoms with Crippen LogP contribution in [0.2, 0.25) is 0 Å². The molecule has 1 heteroatoms. The minimum absolute atomic E-state index is 0.494. The molecule has 102 valence electrons. The van der Waals surface area contributed by atoms with Crippen molar-refractivity contribution < 1.29 is 0 Å². The third-order valence-electron chi connectivity index (χ3n) is 3.22. The number of aromatic nitrogens is 1. The molecular formula is C18H25N. The van der Waals surface area contributed by atoms with E-state index in [0.29, 0.717) is 5.92 Å². The number of hydrogen-bond acceptors (Lipinski definition) is 0. The molecule has 1 unspecified atom stereocenters. The van der Waals surface area contributed by atoms with Crippen LogP contribution in [0.3, 0.4) is 0 Å². The number of hydrogen-bond donors (Lipinski definition) is 0. The third-order valence-corrected chi connectivity index (χ3v) is 3.22. The second-order valence-electron chi connectivity index (χ2n) is 4.44. The van der Waals surface area contributed by atoms with Crippen LogP contribution in [-0.2, 0) is 7.05 Å². The van der Waals surface area contributed by atoms with Crippen molar-refractivity contribution in [2.45, 2.75) is 27.7 Å². The van der Waals surface area contributed by atoms with Crippen molar-refractivity contribution in [1.82, 2.24) is 4.57 Å². The van der Waals surface area contributed by atoms with E-state index < -0.39 is 0 Å². The third kappa shape index (κ3) is 2.98. The molecule has 0 spiro atoms. The Morgan fingerprint density at radius 2 is 1.84 bits per heavy atom. The summed E-state index contributed by atoms with van der Waals surface area (Å²) in [4.78, 5) is 0. The van der Waals surface area contributed by atoms with Gasteiger partial charge in [-0.25, -0.2) is 0 Å². The van der Waals surface area contributed by atoms with Crippen molar-refractivity contribution in [2.24, 2.45) is 13.0 Å². The molecule has 0 saturated heterocycles. The van der Waals surface area contributed by atoms with Crippen LogP contribution < -0.4 is 0 Å². The predicted molar refractivity (Wildman–Crippen MR) is 88.8 cm³/mol. The fourth-order valence-corrected chi connectivity index (χ4v) is 2.29. The summed E-state index contributed by atoms with van der Waals surface area (Å²) in [5, 5.41) is 0. The van der Waals surface area contributed by atoms with Crippen LogP contribution in [0.4, 0.5) is 0 Å². The Bertz CT molecular complexity index is 524. The van der Waals surface area contributed by atoms with Crippen LogP contribution in [0.25, 0.3) is 24.3 Å². The zero-order chi connectivity index (χ0) is 14.4. The maximum Gasteiger partial charge on any atom is 0.0485 e. The van der Waals surface area contributed by atoms with Crippen molar-refractivity contribution in [2.75, 3.05) is 0 Å². The molecule has 0 aromatic carbocycles. The number of fused-ring (bicyclic) bond motifs is 1. The van der Waals surface area contributed by atoms with E-state index in [1.807, 2.05) is 26.8 Å². The normalized spacial score (nSPS) is 16.8. The van der Waals surface area contributed by atoms with E-state index in [1.54, 1.807) is 0 Å². The second kappa shape index (κ2) is 6.98. The van der Waals surface area contributed by atoms with Gasteiger partial charge in [0.25, 0.3) is 0 Å². The first-order valence-corrected chi connectivity index (χ1v) is 7.03. The minimum Gasteiger partial charge on any atom is -0.344 e. The first kappa shape index (κ1) is 15.3. The summed E-state index contributed by atoms with van der Waals surface area (Å²) in [5.74, 6) is 0.494. The summed E-state index contributed by atoms with van der Waals surface area (Å²) >= 11 is 0. The molecule has 0 bridgehead atoms. The first-order chi connectivity index (χ1) is 9.19. The SMILES string of the molecule is C=Cc1c(/C=C\C)c2c(n1C)C=CC(C)C=C2.CC. The molecule has 0 N–H and O–H groups in total. The van der Waals surface area contributed by atoms with Crippen molar-refractivity contribution in [3.63, 3.8) is 0 Å². The zero-order valence-electron chi connectivity index (χ0n) is 12.8. The average molecular weight is 255 g/mol. The van der Waals surface area contributed by atoms with Gasteiger partial charge in [0.1, 0.15) is 0 Å². The largest absolute Gasteiger partial charge is 0.344 e. The van der Waals surface area contributed by atoms with Gasteiger partial charge in [0.05, 0.1) is 0 Å². The van der Waals surface area contributed by atoms with Crippen molar-refractivity contribution in [3.05, 3.63) is 47.3 Å². The van der Waals surface area contributed by atoms with Gasteiger partial charge in [-0.3, -0.25) is 0 Å². The number of rotatable bonds is 2. The molecule has 0 fully saturated rings. The molecule has 2 rings (SSSR count). The summed E-state index contributed by atoms with van der Waals surface area (Å²) in [6.45, 7) is 12.2. The van der Waals surface area contributed by atoms with E-state index in [9.17, 15) is 0 Å². The number of nitrogens with zero attached hydrogens (tertiary/aromatic N) is 1. The van der Waals surface area contributed by atoms with Crippen LogP contribution in [0.1, 0.15) is 50.2 Å². The Balaban J connectivity index is 0.000000861. The maximum atomic E-state index is 3.91. The Morgan fingerprint density at radius 3 is 2.42 bits per heavy atom. The molecule has 0 amide bonds. The molecule has 1 atom stereocenters. The van der Waals surface area contributed by atoms with E-state index >= 15 is 0 Å². The van der Waals surface area contributed by atoms with Crippen LogP contribution in [0.15, 0.2) is 24.8 Å². The summed E-state index contributed by atoms with van der Waals surface area (Å²) < 4.78 is 2.20. The molecule has 0 saturated carbocycles. The minimum atomic E-state index is 0.494. The monoisotopic (exact) mass is 255 g/mol. The highest BCUT2D eigenvalue weighted by Gasteiger charge is 2.15. The maximum absolute atomic E-state index is 3.91. The smallest absolute Gasteiger partial charge is 0.0485 e. The van der Waals surface area contributed by atoms with Crippen LogP contribution >= 0.6 is 0 Å². The standard InChI is InChI=1S/C16H19N.C2H6/c1-5-7-13-14-10-8-12(3)9-11-16(14)17(4)15(13)6-2;1-2/h5-12H,2H2,1,3-4H3;1-2H3/b7-5-;. The highest BCUT2D eigenvalue weighted by atomic mass is 15.0. The Morgan fingerprint density at radius 1 is 1.21 bits per heavy atom. The van der Waals surface area contributed by atoms with Crippen LogP contribution in [-0.4, -0.2) is 4.57 Å². The van der Waals surface area contributed by atoms with Gasteiger partial charge in [0.15, 0.2) is 0 Å². The van der Waals surface area contributed by atoms with Gasteiger partial charge < -0.3 is 4.57 Å². The van der Waals surface area contributed by atoms with Crippen LogP contribution in [0.5, 0.6) is 0 Å². The highest BCUT2D eigenvalue weighted by Crippen LogP contribution is 2.29. The average Bonchev–Trinajstić information content (AvgIpc) is 2.56. The van der Waals surface area contributed by atoms with E-state index in [2.05, 4.69) is 61.6 Å². The molecule has 0 aliphatic heterocycles. The quantitative estimate of drug-likeness (QED) is 0.666. The number of allylic oxidation sites excluding steroid dienone is 3. The molecule has 1 aliphatic rings. The van der Waals surface area contributed by atoms with Gasteiger partial charge in [0, 0.05) is 29.6 Å². The summed E-state index contributed by atoms with van der Waals surface area (Å²) in [6.07, 6.45) is 15.1. The van der Waals surface area contributed by atoms with E-state index in [-0.39, 0.29) is 0 Å². The van der Waals surface area contributed by atoms with E-state index in [0.717, 1.165) is 0 Å². The van der Waals surface area contributed by atoms with Crippen molar-refractivity contribution in [3.8, 4) is 0 Å². The molecule has 1 aromatic rings. The van der Waals surface area contributed by atoms with E-state index in [4.69, 9.17) is 0 Å². The van der Waals surface area contributed by atoms with Crippen molar-refractivity contribution >= 4 is 24.3 Å². The van der Waals surface area contributed by atoms with Gasteiger partial charge in [-0.05, 0) is 25.0 Å². The zero-order valence-corrected chi connectivity index (χ0v) is 12.8. The van der Waals surface area contributed by atoms with E-state index in [1.165, 1.54) is 22.5 Å². The first-order valence-electron chi connectivity index (χ1n) is 7.03. The lowest BCUT2D eigenvalue weighted by Gasteiger charge is -2.01. The van der Waals surface area contributed by atoms with Gasteiger partial charge in [-0.1, -0.05) is 57.7 Å².